The lowest BCUT2D eigenvalue weighted by Gasteiger charge is -2.42. The number of anilines is 2. The Kier molecular flexibility index (Phi) is 14.2. The van der Waals surface area contributed by atoms with Crippen molar-refractivity contribution in [2.24, 2.45) is 11.8 Å². The molecule has 0 spiro atoms. The van der Waals surface area contributed by atoms with Gasteiger partial charge in [0.15, 0.2) is 17.5 Å². The van der Waals surface area contributed by atoms with Gasteiger partial charge >= 0.3 is 0 Å². The third kappa shape index (κ3) is 10.3. The maximum Gasteiger partial charge on any atom is 0.164 e. The quantitative estimate of drug-likeness (QED) is 0.102. The molecule has 74 heavy (non-hydrogen) atoms. The predicted octanol–water partition coefficient (Wildman–Crippen LogP) is 18.8. The molecule has 9 aromatic carbocycles. The smallest absolute Gasteiger partial charge is 0.164 e. The van der Waals surface area contributed by atoms with E-state index in [2.05, 4.69) is 247 Å². The third-order valence-corrected chi connectivity index (χ3v) is 14.5. The van der Waals surface area contributed by atoms with Crippen LogP contribution in [0.25, 0.3) is 89.8 Å². The van der Waals surface area contributed by atoms with Crippen molar-refractivity contribution >= 4 is 11.4 Å². The Bertz CT molecular complexity index is 3350. The molecule has 0 bridgehead atoms. The number of hydrogen-bond acceptors (Lipinski definition) is 4. The molecule has 364 valence electrons. The highest BCUT2D eigenvalue weighted by Gasteiger charge is 2.34. The monoisotopic (exact) mass is 961 g/mol. The lowest BCUT2D eigenvalue weighted by molar-refractivity contribution is 0.381. The second-order valence-electron chi connectivity index (χ2n) is 20.8. The normalized spacial score (nSPS) is 12.3. The van der Waals surface area contributed by atoms with E-state index in [9.17, 15) is 0 Å². The van der Waals surface area contributed by atoms with Gasteiger partial charge in [0.05, 0.1) is 17.4 Å². The summed E-state index contributed by atoms with van der Waals surface area (Å²) in [5.41, 5.74) is 18.5. The molecule has 0 saturated heterocycles. The SMILES string of the molecule is C=CC([C@H](C)C(C)C)N(c1c(C)cc(C(C)(C)C)cc1-c1ccccc1)c1c(-c2ccc(-c3ccccc3)cc2)cc(-c2nc(-c3ccccc3)nc(-c3ccccc3)n2)cc1-c1ccc(-c2ccccc2)cc1. The van der Waals surface area contributed by atoms with Crippen molar-refractivity contribution in [2.45, 2.75) is 59.9 Å². The summed E-state index contributed by atoms with van der Waals surface area (Å²) in [6.07, 6.45) is 2.18. The number of aromatic nitrogens is 3. The van der Waals surface area contributed by atoms with Crippen LogP contribution >= 0.6 is 0 Å². The minimum Gasteiger partial charge on any atom is -0.332 e. The topological polar surface area (TPSA) is 41.9 Å². The Morgan fingerprint density at radius 1 is 0.392 bits per heavy atom. The first-order chi connectivity index (χ1) is 35.9. The number of aryl methyl sites for hydroxylation is 1. The Labute approximate surface area is 438 Å². The molecule has 1 unspecified atom stereocenters. The zero-order valence-electron chi connectivity index (χ0n) is 43.7. The van der Waals surface area contributed by atoms with Gasteiger partial charge in [-0.2, -0.15) is 0 Å². The molecule has 0 saturated carbocycles. The van der Waals surface area contributed by atoms with Gasteiger partial charge in [0.2, 0.25) is 0 Å². The van der Waals surface area contributed by atoms with Crippen molar-refractivity contribution in [2.75, 3.05) is 4.90 Å². The van der Waals surface area contributed by atoms with Crippen LogP contribution in [-0.2, 0) is 5.41 Å². The van der Waals surface area contributed by atoms with E-state index < -0.39 is 0 Å². The van der Waals surface area contributed by atoms with Gasteiger partial charge < -0.3 is 4.90 Å². The van der Waals surface area contributed by atoms with E-state index in [0.29, 0.717) is 23.4 Å². The van der Waals surface area contributed by atoms with Crippen molar-refractivity contribution in [3.63, 3.8) is 0 Å². The summed E-state index contributed by atoms with van der Waals surface area (Å²) in [6.45, 7) is 21.0. The van der Waals surface area contributed by atoms with Crippen LogP contribution in [0.15, 0.2) is 237 Å². The maximum absolute atomic E-state index is 5.36. The molecule has 0 fully saturated rings. The molecule has 0 radical (unpaired) electrons. The predicted molar refractivity (Wildman–Crippen MR) is 313 cm³/mol. The second-order valence-corrected chi connectivity index (χ2v) is 20.8. The summed E-state index contributed by atoms with van der Waals surface area (Å²) in [7, 11) is 0. The Hall–Kier alpha value is -8.47. The first-order valence-corrected chi connectivity index (χ1v) is 25.9. The molecular formula is C70H64N4. The summed E-state index contributed by atoms with van der Waals surface area (Å²) in [4.78, 5) is 18.5. The summed E-state index contributed by atoms with van der Waals surface area (Å²) >= 11 is 0. The fourth-order valence-corrected chi connectivity index (χ4v) is 10.1. The maximum atomic E-state index is 5.36. The molecule has 0 aliphatic rings. The van der Waals surface area contributed by atoms with Crippen LogP contribution in [0.1, 0.15) is 52.7 Å². The number of rotatable bonds is 14. The van der Waals surface area contributed by atoms with Crippen LogP contribution in [0.2, 0.25) is 0 Å². The standard InChI is InChI=1S/C70H64N4/c1-9-64(49(5)47(2)3)74(65-48(4)43-60(70(6,7)8)46-63(65)54-29-19-12-20-30-54)66-61(55-39-35-52(36-40-55)50-25-15-10-16-26-50)44-59(45-62(66)56-41-37-53(38-42-56)51-27-17-11-18-28-51)69-72-67(57-31-21-13-22-32-57)71-68(73-69)58-33-23-14-24-34-58/h9-47,49,64H,1H2,2-8H3/t49-,64?/m1/s1. The average Bonchev–Trinajstić information content (AvgIpc) is 3.45. The van der Waals surface area contributed by atoms with E-state index in [4.69, 9.17) is 21.5 Å². The van der Waals surface area contributed by atoms with Crippen molar-refractivity contribution < 1.29 is 0 Å². The Morgan fingerprint density at radius 3 is 1.09 bits per heavy atom. The van der Waals surface area contributed by atoms with E-state index >= 15 is 0 Å². The van der Waals surface area contributed by atoms with Gasteiger partial charge in [-0.25, -0.2) is 15.0 Å². The van der Waals surface area contributed by atoms with Crippen LogP contribution < -0.4 is 4.90 Å². The Balaban J connectivity index is 1.35. The average molecular weight is 961 g/mol. The Morgan fingerprint density at radius 2 is 0.716 bits per heavy atom. The summed E-state index contributed by atoms with van der Waals surface area (Å²) in [6, 6.07) is 80.1. The second kappa shape index (κ2) is 21.3. The van der Waals surface area contributed by atoms with E-state index in [1.165, 1.54) is 27.8 Å². The summed E-state index contributed by atoms with van der Waals surface area (Å²) < 4.78 is 0. The lowest BCUT2D eigenvalue weighted by Crippen LogP contribution is -2.38. The number of benzene rings is 9. The van der Waals surface area contributed by atoms with Crippen LogP contribution in [-0.4, -0.2) is 21.0 Å². The summed E-state index contributed by atoms with van der Waals surface area (Å²) in [5.74, 6) is 2.33. The van der Waals surface area contributed by atoms with E-state index in [1.54, 1.807) is 0 Å². The molecule has 0 aliphatic carbocycles. The van der Waals surface area contributed by atoms with Gasteiger partial charge in [0, 0.05) is 33.4 Å². The zero-order chi connectivity index (χ0) is 51.3. The highest BCUT2D eigenvalue weighted by atomic mass is 15.2. The first kappa shape index (κ1) is 49.1. The molecule has 10 rings (SSSR count). The number of hydrogen-bond donors (Lipinski definition) is 0. The zero-order valence-corrected chi connectivity index (χ0v) is 43.7. The minimum absolute atomic E-state index is 0.0958. The van der Waals surface area contributed by atoms with E-state index in [-0.39, 0.29) is 17.4 Å². The number of nitrogens with zero attached hydrogens (tertiary/aromatic N) is 4. The molecule has 0 aliphatic heterocycles. The highest BCUT2D eigenvalue weighted by molar-refractivity contribution is 6.00. The van der Waals surface area contributed by atoms with Gasteiger partial charge in [-0.3, -0.25) is 0 Å². The van der Waals surface area contributed by atoms with Crippen molar-refractivity contribution in [1.82, 2.24) is 15.0 Å². The van der Waals surface area contributed by atoms with Gasteiger partial charge in [0.25, 0.3) is 0 Å². The molecule has 1 heterocycles. The first-order valence-electron chi connectivity index (χ1n) is 25.9. The fraction of sp³-hybridized carbons (Fsp3) is 0.157. The minimum atomic E-state index is -0.140. The van der Waals surface area contributed by atoms with Gasteiger partial charge in [0.1, 0.15) is 0 Å². The van der Waals surface area contributed by atoms with Gasteiger partial charge in [-0.15, -0.1) is 6.58 Å². The van der Waals surface area contributed by atoms with Crippen LogP contribution in [0.3, 0.4) is 0 Å². The van der Waals surface area contributed by atoms with Crippen LogP contribution in [0.4, 0.5) is 11.4 Å². The van der Waals surface area contributed by atoms with Gasteiger partial charge in [-0.05, 0) is 92.4 Å². The fourth-order valence-electron chi connectivity index (χ4n) is 10.1. The van der Waals surface area contributed by atoms with E-state index in [1.807, 2.05) is 36.4 Å². The van der Waals surface area contributed by atoms with Gasteiger partial charge in [-0.1, -0.05) is 254 Å². The molecule has 4 heteroatoms. The highest BCUT2D eigenvalue weighted by Crippen LogP contribution is 2.52. The van der Waals surface area contributed by atoms with Crippen molar-refractivity contribution in [3.8, 4) is 89.8 Å². The largest absolute Gasteiger partial charge is 0.332 e. The lowest BCUT2D eigenvalue weighted by atomic mass is 9.81. The molecule has 10 aromatic rings. The van der Waals surface area contributed by atoms with Crippen LogP contribution in [0.5, 0.6) is 0 Å². The van der Waals surface area contributed by atoms with Crippen molar-refractivity contribution in [1.29, 1.82) is 0 Å². The van der Waals surface area contributed by atoms with E-state index in [0.717, 1.165) is 67.0 Å². The molecule has 4 nitrogen and oxygen atoms in total. The molecule has 1 aromatic heterocycles. The van der Waals surface area contributed by atoms with Crippen molar-refractivity contribution in [3.05, 3.63) is 248 Å². The van der Waals surface area contributed by atoms with Crippen LogP contribution in [0, 0.1) is 18.8 Å². The molecular weight excluding hydrogens is 897 g/mol. The third-order valence-electron chi connectivity index (χ3n) is 14.5. The molecule has 0 amide bonds. The molecule has 2 atom stereocenters. The summed E-state index contributed by atoms with van der Waals surface area (Å²) in [5, 5.41) is 0. The molecule has 0 N–H and O–H groups in total.